The van der Waals surface area contributed by atoms with Crippen LogP contribution in [0.25, 0.3) is 0 Å². The Morgan fingerprint density at radius 3 is 2.75 bits per heavy atom. The highest BCUT2D eigenvalue weighted by Gasteiger charge is 2.18. The number of nitrogens with zero attached hydrogens (tertiary/aromatic N) is 1. The highest BCUT2D eigenvalue weighted by Crippen LogP contribution is 2.32. The third-order valence-corrected chi connectivity index (χ3v) is 4.00. The van der Waals surface area contributed by atoms with Crippen molar-refractivity contribution in [2.45, 2.75) is 45.3 Å². The minimum absolute atomic E-state index is 0.309. The largest absolute Gasteiger partial charge is 0.493 e. The summed E-state index contributed by atoms with van der Waals surface area (Å²) in [6, 6.07) is 6.03. The van der Waals surface area contributed by atoms with Gasteiger partial charge in [-0.05, 0) is 50.3 Å². The maximum atomic E-state index is 6.14. The van der Waals surface area contributed by atoms with Crippen molar-refractivity contribution in [2.24, 2.45) is 4.99 Å². The van der Waals surface area contributed by atoms with Crippen LogP contribution in [0.15, 0.2) is 35.8 Å². The Bertz CT molecular complexity index is 552. The molecule has 0 aromatic heterocycles. The zero-order chi connectivity index (χ0) is 17.2. The lowest BCUT2D eigenvalue weighted by atomic mass is 10.2. The number of hydrogen-bond donors (Lipinski definition) is 2. The molecule has 0 atom stereocenters. The quantitative estimate of drug-likeness (QED) is 0.436. The van der Waals surface area contributed by atoms with Gasteiger partial charge in [0, 0.05) is 13.1 Å². The molecule has 0 amide bonds. The van der Waals surface area contributed by atoms with Gasteiger partial charge in [-0.3, -0.25) is 0 Å². The van der Waals surface area contributed by atoms with E-state index in [9.17, 15) is 0 Å². The van der Waals surface area contributed by atoms with E-state index in [0.717, 1.165) is 42.4 Å². The van der Waals surface area contributed by atoms with E-state index in [1.54, 1.807) is 7.11 Å². The molecule has 0 saturated heterocycles. The maximum Gasteiger partial charge on any atom is 0.191 e. The smallest absolute Gasteiger partial charge is 0.191 e. The molecule has 0 bridgehead atoms. The fourth-order valence-electron chi connectivity index (χ4n) is 2.78. The van der Waals surface area contributed by atoms with Crippen LogP contribution in [0.2, 0.25) is 0 Å². The van der Waals surface area contributed by atoms with Gasteiger partial charge in [0.1, 0.15) is 0 Å². The molecule has 0 unspecified atom stereocenters. The molecule has 5 heteroatoms. The average Bonchev–Trinajstić information content (AvgIpc) is 3.10. The van der Waals surface area contributed by atoms with E-state index < -0.39 is 0 Å². The van der Waals surface area contributed by atoms with Gasteiger partial charge in [0.2, 0.25) is 0 Å². The second-order valence-corrected chi connectivity index (χ2v) is 5.87. The number of guanidine groups is 1. The first-order valence-corrected chi connectivity index (χ1v) is 8.73. The van der Waals surface area contributed by atoms with Gasteiger partial charge in [-0.2, -0.15) is 0 Å². The molecule has 5 nitrogen and oxygen atoms in total. The van der Waals surface area contributed by atoms with Crippen LogP contribution in [0.5, 0.6) is 11.5 Å². The van der Waals surface area contributed by atoms with Crippen LogP contribution in [-0.4, -0.2) is 32.3 Å². The normalized spacial score (nSPS) is 15.2. The lowest BCUT2D eigenvalue weighted by Crippen LogP contribution is -2.37. The van der Waals surface area contributed by atoms with Gasteiger partial charge >= 0.3 is 0 Å². The average molecular weight is 331 g/mol. The standard InChI is InChI=1S/C19H29N3O2/c1-4-12-21-19(20-5-2)22-14-15-10-11-17(23-3)18(13-15)24-16-8-6-7-9-16/h4,10-11,13,16H,1,5-9,12,14H2,2-3H3,(H2,20,21,22). The summed E-state index contributed by atoms with van der Waals surface area (Å²) in [5.74, 6) is 2.39. The maximum absolute atomic E-state index is 6.14. The van der Waals surface area contributed by atoms with Crippen LogP contribution < -0.4 is 20.1 Å². The molecule has 0 aliphatic heterocycles. The van der Waals surface area contributed by atoms with E-state index in [0.29, 0.717) is 19.2 Å². The van der Waals surface area contributed by atoms with Crippen molar-refractivity contribution in [1.82, 2.24) is 10.6 Å². The summed E-state index contributed by atoms with van der Waals surface area (Å²) in [5.41, 5.74) is 1.10. The fourth-order valence-corrected chi connectivity index (χ4v) is 2.78. The molecular formula is C19H29N3O2. The Morgan fingerprint density at radius 2 is 2.08 bits per heavy atom. The van der Waals surface area contributed by atoms with Crippen molar-refractivity contribution >= 4 is 5.96 Å². The molecule has 0 heterocycles. The summed E-state index contributed by atoms with van der Waals surface area (Å²) in [6.45, 7) is 7.85. The van der Waals surface area contributed by atoms with E-state index in [4.69, 9.17) is 9.47 Å². The summed E-state index contributed by atoms with van der Waals surface area (Å²) in [4.78, 5) is 4.60. The van der Waals surface area contributed by atoms with E-state index in [1.807, 2.05) is 31.2 Å². The van der Waals surface area contributed by atoms with E-state index >= 15 is 0 Å². The zero-order valence-corrected chi connectivity index (χ0v) is 14.8. The zero-order valence-electron chi connectivity index (χ0n) is 14.8. The number of aliphatic imine (C=N–C) groups is 1. The van der Waals surface area contributed by atoms with Crippen molar-refractivity contribution in [2.75, 3.05) is 20.2 Å². The second-order valence-electron chi connectivity index (χ2n) is 5.87. The summed E-state index contributed by atoms with van der Waals surface area (Å²) in [6.07, 6.45) is 6.87. The predicted molar refractivity (Wildman–Crippen MR) is 98.9 cm³/mol. The van der Waals surface area contributed by atoms with Gasteiger partial charge in [-0.1, -0.05) is 12.1 Å². The lowest BCUT2D eigenvalue weighted by molar-refractivity contribution is 0.200. The summed E-state index contributed by atoms with van der Waals surface area (Å²) < 4.78 is 11.6. The number of benzene rings is 1. The third-order valence-electron chi connectivity index (χ3n) is 4.00. The Morgan fingerprint density at radius 1 is 1.29 bits per heavy atom. The molecule has 2 N–H and O–H groups in total. The number of hydrogen-bond acceptors (Lipinski definition) is 3. The van der Waals surface area contributed by atoms with Gasteiger partial charge in [-0.15, -0.1) is 6.58 Å². The molecule has 1 aromatic rings. The summed E-state index contributed by atoms with van der Waals surface area (Å²) >= 11 is 0. The minimum atomic E-state index is 0.309. The Hall–Kier alpha value is -2.17. The van der Waals surface area contributed by atoms with Gasteiger partial charge in [0.25, 0.3) is 0 Å². The van der Waals surface area contributed by atoms with Crippen LogP contribution in [-0.2, 0) is 6.54 Å². The van der Waals surface area contributed by atoms with Crippen molar-refractivity contribution in [1.29, 1.82) is 0 Å². The fraction of sp³-hybridized carbons (Fsp3) is 0.526. The van der Waals surface area contributed by atoms with Crippen LogP contribution >= 0.6 is 0 Å². The Balaban J connectivity index is 2.06. The molecule has 1 aliphatic carbocycles. The molecule has 1 fully saturated rings. The van der Waals surface area contributed by atoms with Crippen LogP contribution in [0.1, 0.15) is 38.2 Å². The first kappa shape index (κ1) is 18.2. The summed E-state index contributed by atoms with van der Waals surface area (Å²) in [7, 11) is 1.68. The Labute approximate surface area is 145 Å². The number of nitrogens with one attached hydrogen (secondary N) is 2. The van der Waals surface area contributed by atoms with Gasteiger partial charge in [0.15, 0.2) is 17.5 Å². The van der Waals surface area contributed by atoms with Crippen molar-refractivity contribution in [3.63, 3.8) is 0 Å². The third kappa shape index (κ3) is 5.48. The van der Waals surface area contributed by atoms with Crippen LogP contribution in [0.4, 0.5) is 0 Å². The first-order chi connectivity index (χ1) is 11.8. The van der Waals surface area contributed by atoms with Gasteiger partial charge < -0.3 is 20.1 Å². The molecule has 0 spiro atoms. The molecule has 2 rings (SSSR count). The number of rotatable bonds is 8. The monoisotopic (exact) mass is 331 g/mol. The van der Waals surface area contributed by atoms with Gasteiger partial charge in [0.05, 0.1) is 19.8 Å². The van der Waals surface area contributed by atoms with Gasteiger partial charge in [-0.25, -0.2) is 4.99 Å². The molecule has 1 saturated carbocycles. The van der Waals surface area contributed by atoms with E-state index in [1.165, 1.54) is 12.8 Å². The van der Waals surface area contributed by atoms with Crippen molar-refractivity contribution in [3.05, 3.63) is 36.4 Å². The van der Waals surface area contributed by atoms with Crippen LogP contribution in [0, 0.1) is 0 Å². The molecule has 24 heavy (non-hydrogen) atoms. The molecule has 1 aliphatic rings. The molecule has 0 radical (unpaired) electrons. The SMILES string of the molecule is C=CCNC(=NCc1ccc(OC)c(OC2CCCC2)c1)NCC. The Kier molecular flexibility index (Phi) is 7.46. The lowest BCUT2D eigenvalue weighted by Gasteiger charge is -2.16. The first-order valence-electron chi connectivity index (χ1n) is 8.73. The second kappa shape index (κ2) is 9.85. The topological polar surface area (TPSA) is 54.9 Å². The molecule has 1 aromatic carbocycles. The van der Waals surface area contributed by atoms with Crippen LogP contribution in [0.3, 0.4) is 0 Å². The highest BCUT2D eigenvalue weighted by molar-refractivity contribution is 5.79. The number of methoxy groups -OCH3 is 1. The predicted octanol–water partition coefficient (Wildman–Crippen LogP) is 3.26. The summed E-state index contributed by atoms with van der Waals surface area (Å²) in [5, 5.41) is 6.42. The highest BCUT2D eigenvalue weighted by atomic mass is 16.5. The van der Waals surface area contributed by atoms with Crippen molar-refractivity contribution < 1.29 is 9.47 Å². The van der Waals surface area contributed by atoms with Crippen molar-refractivity contribution in [3.8, 4) is 11.5 Å². The number of ether oxygens (including phenoxy) is 2. The minimum Gasteiger partial charge on any atom is -0.493 e. The van der Waals surface area contributed by atoms with E-state index in [-0.39, 0.29) is 0 Å². The molecular weight excluding hydrogens is 302 g/mol. The van der Waals surface area contributed by atoms with E-state index in [2.05, 4.69) is 22.2 Å². The molecule has 132 valence electrons.